The summed E-state index contributed by atoms with van der Waals surface area (Å²) in [6, 6.07) is 5.91. The average Bonchev–Trinajstić information content (AvgIpc) is 2.51. The number of carbonyl (C=O) groups is 1. The van der Waals surface area contributed by atoms with E-state index in [2.05, 4.69) is 15.4 Å². The van der Waals surface area contributed by atoms with Gasteiger partial charge in [-0.25, -0.2) is 0 Å². The van der Waals surface area contributed by atoms with E-state index in [9.17, 15) is 18.0 Å². The molecule has 2 rings (SSSR count). The largest absolute Gasteiger partial charge is 0.484 e. The number of hydrogen-bond acceptors (Lipinski definition) is 3. The summed E-state index contributed by atoms with van der Waals surface area (Å²) in [4.78, 5) is 12.0. The number of amides is 1. The highest BCUT2D eigenvalue weighted by molar-refractivity contribution is 5.94. The summed E-state index contributed by atoms with van der Waals surface area (Å²) in [6.07, 6.45) is -1.03. The highest BCUT2D eigenvalue weighted by Crippen LogP contribution is 2.18. The van der Waals surface area contributed by atoms with Crippen molar-refractivity contribution >= 4 is 5.91 Å². The van der Waals surface area contributed by atoms with Crippen LogP contribution < -0.4 is 15.4 Å². The minimum Gasteiger partial charge on any atom is -0.484 e. The molecular formula is C15H19F3N2O2. The van der Waals surface area contributed by atoms with Crippen LogP contribution in [0.4, 0.5) is 13.2 Å². The first-order valence-corrected chi connectivity index (χ1v) is 7.25. The topological polar surface area (TPSA) is 50.4 Å². The number of carbonyl (C=O) groups excluding carboxylic acids is 1. The molecule has 1 fully saturated rings. The summed E-state index contributed by atoms with van der Waals surface area (Å²) < 4.78 is 40.7. The van der Waals surface area contributed by atoms with Gasteiger partial charge >= 0.3 is 6.18 Å². The second-order valence-corrected chi connectivity index (χ2v) is 5.29. The highest BCUT2D eigenvalue weighted by Gasteiger charge is 2.28. The number of rotatable bonds is 5. The van der Waals surface area contributed by atoms with Crippen LogP contribution in [0.5, 0.6) is 5.75 Å². The predicted octanol–water partition coefficient (Wildman–Crippen LogP) is 2.50. The molecule has 0 radical (unpaired) electrons. The lowest BCUT2D eigenvalue weighted by molar-refractivity contribution is -0.153. The van der Waals surface area contributed by atoms with Crippen LogP contribution in [0.3, 0.4) is 0 Å². The normalized spacial score (nSPS) is 18.8. The molecule has 0 spiro atoms. The van der Waals surface area contributed by atoms with Crippen LogP contribution in [-0.4, -0.2) is 37.8 Å². The van der Waals surface area contributed by atoms with Crippen LogP contribution >= 0.6 is 0 Å². The van der Waals surface area contributed by atoms with Crippen molar-refractivity contribution in [1.82, 2.24) is 10.6 Å². The van der Waals surface area contributed by atoms with Gasteiger partial charge in [0.25, 0.3) is 5.91 Å². The van der Waals surface area contributed by atoms with E-state index in [0.717, 1.165) is 25.8 Å². The summed E-state index contributed by atoms with van der Waals surface area (Å²) >= 11 is 0. The number of nitrogens with one attached hydrogen (secondary N) is 2. The van der Waals surface area contributed by atoms with E-state index in [-0.39, 0.29) is 17.7 Å². The van der Waals surface area contributed by atoms with E-state index in [0.29, 0.717) is 12.1 Å². The van der Waals surface area contributed by atoms with Crippen molar-refractivity contribution < 1.29 is 22.7 Å². The van der Waals surface area contributed by atoms with E-state index in [1.54, 1.807) is 0 Å². The van der Waals surface area contributed by atoms with Gasteiger partial charge in [0.15, 0.2) is 6.61 Å². The first kappa shape index (κ1) is 16.6. The number of alkyl halides is 3. The second-order valence-electron chi connectivity index (χ2n) is 5.29. The third kappa shape index (κ3) is 5.55. The lowest BCUT2D eigenvalue weighted by atomic mass is 10.1. The van der Waals surface area contributed by atoms with E-state index >= 15 is 0 Å². The zero-order valence-electron chi connectivity index (χ0n) is 12.1. The molecule has 0 bridgehead atoms. The minimum atomic E-state index is -4.37. The Balaban J connectivity index is 1.80. The van der Waals surface area contributed by atoms with E-state index in [1.807, 2.05) is 0 Å². The van der Waals surface area contributed by atoms with Crippen LogP contribution in [0.2, 0.25) is 0 Å². The Morgan fingerprint density at radius 2 is 2.00 bits per heavy atom. The zero-order chi connectivity index (χ0) is 16.0. The molecule has 1 aromatic carbocycles. The van der Waals surface area contributed by atoms with Crippen LogP contribution in [-0.2, 0) is 0 Å². The van der Waals surface area contributed by atoms with Gasteiger partial charge in [-0.15, -0.1) is 0 Å². The predicted molar refractivity (Wildman–Crippen MR) is 76.0 cm³/mol. The van der Waals surface area contributed by atoms with Crippen LogP contribution in [0, 0.1) is 0 Å². The quantitative estimate of drug-likeness (QED) is 0.877. The average molecular weight is 316 g/mol. The van der Waals surface area contributed by atoms with E-state index in [1.165, 1.54) is 24.3 Å². The number of benzene rings is 1. The summed E-state index contributed by atoms with van der Waals surface area (Å²) in [5.74, 6) is -0.155. The molecule has 122 valence electrons. The first-order valence-electron chi connectivity index (χ1n) is 7.25. The Kier molecular flexibility index (Phi) is 5.65. The third-order valence-electron chi connectivity index (χ3n) is 3.44. The van der Waals surface area contributed by atoms with Crippen molar-refractivity contribution in [2.45, 2.75) is 31.5 Å². The molecule has 1 saturated heterocycles. The molecule has 2 N–H and O–H groups in total. The van der Waals surface area contributed by atoms with Crippen molar-refractivity contribution in [3.63, 3.8) is 0 Å². The monoisotopic (exact) mass is 316 g/mol. The van der Waals surface area contributed by atoms with Gasteiger partial charge < -0.3 is 15.4 Å². The van der Waals surface area contributed by atoms with Gasteiger partial charge in [0.05, 0.1) is 0 Å². The summed E-state index contributed by atoms with van der Waals surface area (Å²) in [6.45, 7) is 0.169. The van der Waals surface area contributed by atoms with Crippen molar-refractivity contribution in [2.24, 2.45) is 0 Å². The molecule has 1 aliphatic heterocycles. The van der Waals surface area contributed by atoms with E-state index < -0.39 is 12.8 Å². The van der Waals surface area contributed by atoms with Crippen molar-refractivity contribution in [1.29, 1.82) is 0 Å². The number of piperidine rings is 1. The third-order valence-corrected chi connectivity index (χ3v) is 3.44. The molecule has 1 aliphatic rings. The van der Waals surface area contributed by atoms with Crippen molar-refractivity contribution in [2.75, 3.05) is 19.7 Å². The minimum absolute atomic E-state index is 0.0859. The maximum atomic E-state index is 12.0. The fraction of sp³-hybridized carbons (Fsp3) is 0.533. The fourth-order valence-electron chi connectivity index (χ4n) is 2.28. The summed E-state index contributed by atoms with van der Waals surface area (Å²) in [7, 11) is 0. The van der Waals surface area contributed by atoms with Crippen molar-refractivity contribution in [3.8, 4) is 5.75 Å². The number of hydrogen-bond donors (Lipinski definition) is 2. The maximum absolute atomic E-state index is 12.0. The lowest BCUT2D eigenvalue weighted by Gasteiger charge is -2.23. The Hall–Kier alpha value is -1.76. The molecule has 0 aliphatic carbocycles. The van der Waals surface area contributed by atoms with E-state index in [4.69, 9.17) is 0 Å². The van der Waals surface area contributed by atoms with Gasteiger partial charge in [-0.05, 0) is 43.7 Å². The second kappa shape index (κ2) is 7.49. The van der Waals surface area contributed by atoms with Gasteiger partial charge in [0.2, 0.25) is 0 Å². The molecule has 1 amide bonds. The molecule has 1 aromatic rings. The number of halogens is 3. The van der Waals surface area contributed by atoms with Gasteiger partial charge in [-0.1, -0.05) is 6.42 Å². The zero-order valence-corrected chi connectivity index (χ0v) is 12.1. The van der Waals surface area contributed by atoms with Crippen LogP contribution in [0.25, 0.3) is 0 Å². The van der Waals surface area contributed by atoms with Gasteiger partial charge in [0, 0.05) is 18.2 Å². The van der Waals surface area contributed by atoms with Crippen LogP contribution in [0.15, 0.2) is 24.3 Å². The summed E-state index contributed by atoms with van der Waals surface area (Å²) in [5.41, 5.74) is 0.398. The van der Waals surface area contributed by atoms with Gasteiger partial charge in [0.1, 0.15) is 5.75 Å². The van der Waals surface area contributed by atoms with Gasteiger partial charge in [-0.2, -0.15) is 13.2 Å². The SMILES string of the molecule is O=C(NCC1CCCCN1)c1ccc(OCC(F)(F)F)cc1. The Morgan fingerprint density at radius 1 is 1.27 bits per heavy atom. The molecule has 1 unspecified atom stereocenters. The fourth-order valence-corrected chi connectivity index (χ4v) is 2.28. The molecule has 0 saturated carbocycles. The molecular weight excluding hydrogens is 297 g/mol. The lowest BCUT2D eigenvalue weighted by Crippen LogP contribution is -2.43. The molecule has 0 aromatic heterocycles. The van der Waals surface area contributed by atoms with Crippen molar-refractivity contribution in [3.05, 3.63) is 29.8 Å². The molecule has 1 heterocycles. The molecule has 4 nitrogen and oxygen atoms in total. The number of ether oxygens (including phenoxy) is 1. The van der Waals surface area contributed by atoms with Crippen LogP contribution in [0.1, 0.15) is 29.6 Å². The Bertz CT molecular complexity index is 483. The smallest absolute Gasteiger partial charge is 0.422 e. The van der Waals surface area contributed by atoms with Gasteiger partial charge in [-0.3, -0.25) is 4.79 Å². The first-order chi connectivity index (χ1) is 10.4. The molecule has 22 heavy (non-hydrogen) atoms. The standard InChI is InChI=1S/C15H19F3N2O2/c16-15(17,18)10-22-13-6-4-11(5-7-13)14(21)20-9-12-3-1-2-8-19-12/h4-7,12,19H,1-3,8-10H2,(H,20,21). The Labute approximate surface area is 127 Å². The summed E-state index contributed by atoms with van der Waals surface area (Å²) in [5, 5.41) is 6.15. The molecule has 7 heteroatoms. The highest BCUT2D eigenvalue weighted by atomic mass is 19.4. The Morgan fingerprint density at radius 3 is 2.59 bits per heavy atom. The molecule has 1 atom stereocenters. The maximum Gasteiger partial charge on any atom is 0.422 e.